The molecule has 5 heteroatoms. The molecule has 1 aliphatic rings. The zero-order valence-electron chi connectivity index (χ0n) is 9.99. The first-order valence-corrected chi connectivity index (χ1v) is 6.18. The van der Waals surface area contributed by atoms with Crippen LogP contribution in [0.2, 0.25) is 5.02 Å². The van der Waals surface area contributed by atoms with Gasteiger partial charge in [0.05, 0.1) is 5.02 Å². The van der Waals surface area contributed by atoms with E-state index in [0.29, 0.717) is 11.6 Å². The summed E-state index contributed by atoms with van der Waals surface area (Å²) in [5.41, 5.74) is 4.14. The van der Waals surface area contributed by atoms with Crippen molar-refractivity contribution in [3.8, 4) is 5.75 Å². The predicted molar refractivity (Wildman–Crippen MR) is 69.0 cm³/mol. The Morgan fingerprint density at radius 2 is 2.00 bits per heavy atom. The van der Waals surface area contributed by atoms with Gasteiger partial charge >= 0.3 is 0 Å². The highest BCUT2D eigenvalue weighted by Gasteiger charge is 2.13. The Balaban J connectivity index is 1.87. The number of likely N-dealkylation sites (N-methyl/N-ethyl adjacent to an activating group) is 1. The summed E-state index contributed by atoms with van der Waals surface area (Å²) in [6, 6.07) is 5.42. The number of aromatic hydroxyl groups is 1. The van der Waals surface area contributed by atoms with E-state index in [9.17, 15) is 5.11 Å². The number of nitrogens with one attached hydrogen (secondary N) is 1. The van der Waals surface area contributed by atoms with Crippen molar-refractivity contribution in [2.45, 2.75) is 6.54 Å². The maximum atomic E-state index is 9.77. The normalized spacial score (nSPS) is 18.5. The van der Waals surface area contributed by atoms with Gasteiger partial charge in [-0.05, 0) is 13.1 Å². The number of benzene rings is 1. The van der Waals surface area contributed by atoms with Gasteiger partial charge in [-0.3, -0.25) is 5.43 Å². The minimum atomic E-state index is 0.177. The molecule has 17 heavy (non-hydrogen) atoms. The van der Waals surface area contributed by atoms with Gasteiger partial charge in [0.2, 0.25) is 0 Å². The Morgan fingerprint density at radius 1 is 1.29 bits per heavy atom. The van der Waals surface area contributed by atoms with Gasteiger partial charge in [0.1, 0.15) is 5.75 Å². The molecular weight excluding hydrogens is 238 g/mol. The molecule has 1 heterocycles. The van der Waals surface area contributed by atoms with E-state index in [2.05, 4.69) is 22.4 Å². The highest BCUT2D eigenvalue weighted by molar-refractivity contribution is 6.32. The highest BCUT2D eigenvalue weighted by Crippen LogP contribution is 2.26. The third-order valence-electron chi connectivity index (χ3n) is 3.07. The first-order valence-electron chi connectivity index (χ1n) is 5.80. The average Bonchev–Trinajstić information content (AvgIpc) is 2.33. The summed E-state index contributed by atoms with van der Waals surface area (Å²) in [5, 5.41) is 12.4. The van der Waals surface area contributed by atoms with Gasteiger partial charge in [0, 0.05) is 38.3 Å². The van der Waals surface area contributed by atoms with Crippen molar-refractivity contribution < 1.29 is 5.11 Å². The molecule has 4 nitrogen and oxygen atoms in total. The van der Waals surface area contributed by atoms with E-state index in [0.717, 1.165) is 31.7 Å². The molecule has 0 unspecified atom stereocenters. The minimum Gasteiger partial charge on any atom is -0.506 e. The Bertz CT molecular complexity index is 378. The maximum Gasteiger partial charge on any atom is 0.138 e. The minimum absolute atomic E-state index is 0.177. The second kappa shape index (κ2) is 5.69. The standard InChI is InChI=1S/C12H18ClN3O/c1-15-5-7-16(8-6-15)14-9-10-3-2-4-11(13)12(10)17/h2-4,14,17H,5-9H2,1H3. The molecule has 2 rings (SSSR count). The molecule has 94 valence electrons. The van der Waals surface area contributed by atoms with Crippen LogP contribution in [-0.2, 0) is 6.54 Å². The van der Waals surface area contributed by atoms with Gasteiger partial charge in [0.25, 0.3) is 0 Å². The second-order valence-electron chi connectivity index (χ2n) is 4.37. The van der Waals surface area contributed by atoms with Crippen LogP contribution >= 0.6 is 11.6 Å². The Morgan fingerprint density at radius 3 is 2.71 bits per heavy atom. The number of hydrogen-bond donors (Lipinski definition) is 2. The predicted octanol–water partition coefficient (Wildman–Crippen LogP) is 1.30. The van der Waals surface area contributed by atoms with Crippen molar-refractivity contribution in [1.82, 2.24) is 15.3 Å². The Kier molecular flexibility index (Phi) is 4.23. The molecule has 1 aromatic carbocycles. The SMILES string of the molecule is CN1CCN(NCc2cccc(Cl)c2O)CC1. The average molecular weight is 256 g/mol. The Labute approximate surface area is 107 Å². The van der Waals surface area contributed by atoms with E-state index in [1.807, 2.05) is 12.1 Å². The van der Waals surface area contributed by atoms with Gasteiger partial charge in [-0.15, -0.1) is 0 Å². The zero-order valence-corrected chi connectivity index (χ0v) is 10.7. The monoisotopic (exact) mass is 255 g/mol. The van der Waals surface area contributed by atoms with Gasteiger partial charge in [0.15, 0.2) is 0 Å². The van der Waals surface area contributed by atoms with Crippen molar-refractivity contribution in [1.29, 1.82) is 0 Å². The van der Waals surface area contributed by atoms with E-state index < -0.39 is 0 Å². The molecule has 0 bridgehead atoms. The number of para-hydroxylation sites is 1. The van der Waals surface area contributed by atoms with E-state index in [1.165, 1.54) is 0 Å². The van der Waals surface area contributed by atoms with Crippen LogP contribution in [0.3, 0.4) is 0 Å². The van der Waals surface area contributed by atoms with Crippen LogP contribution in [0, 0.1) is 0 Å². The molecule has 0 atom stereocenters. The van der Waals surface area contributed by atoms with Crippen molar-refractivity contribution in [3.05, 3.63) is 28.8 Å². The van der Waals surface area contributed by atoms with Crippen molar-refractivity contribution in [3.63, 3.8) is 0 Å². The molecule has 2 N–H and O–H groups in total. The largest absolute Gasteiger partial charge is 0.506 e. The van der Waals surface area contributed by atoms with Gasteiger partial charge in [-0.25, -0.2) is 5.01 Å². The number of phenolic OH excluding ortho intramolecular Hbond substituents is 1. The molecule has 1 aromatic rings. The first kappa shape index (κ1) is 12.6. The van der Waals surface area contributed by atoms with Gasteiger partial charge in [-0.2, -0.15) is 0 Å². The van der Waals surface area contributed by atoms with Gasteiger partial charge in [-0.1, -0.05) is 23.7 Å². The highest BCUT2D eigenvalue weighted by atomic mass is 35.5. The number of hydrazine groups is 1. The summed E-state index contributed by atoms with van der Waals surface area (Å²) in [5.74, 6) is 0.177. The van der Waals surface area contributed by atoms with Crippen molar-refractivity contribution in [2.75, 3.05) is 33.2 Å². The van der Waals surface area contributed by atoms with Gasteiger partial charge < -0.3 is 10.0 Å². The summed E-state index contributed by atoms with van der Waals surface area (Å²) in [7, 11) is 2.13. The molecule has 0 aliphatic carbocycles. The van der Waals surface area contributed by atoms with Crippen molar-refractivity contribution in [2.24, 2.45) is 0 Å². The third-order valence-corrected chi connectivity index (χ3v) is 3.37. The number of piperazine rings is 1. The molecule has 0 aromatic heterocycles. The Hall–Kier alpha value is -0.810. The molecule has 1 aliphatic heterocycles. The van der Waals surface area contributed by atoms with E-state index in [1.54, 1.807) is 6.07 Å². The first-order chi connectivity index (χ1) is 8.16. The lowest BCUT2D eigenvalue weighted by Gasteiger charge is -2.32. The molecular formula is C12H18ClN3O. The molecule has 1 saturated heterocycles. The molecule has 0 radical (unpaired) electrons. The number of nitrogens with zero attached hydrogens (tertiary/aromatic N) is 2. The molecule has 1 fully saturated rings. The molecule has 0 amide bonds. The lowest BCUT2D eigenvalue weighted by molar-refractivity contribution is 0.102. The van der Waals surface area contributed by atoms with Crippen LogP contribution in [0.1, 0.15) is 5.56 Å². The van der Waals surface area contributed by atoms with E-state index in [-0.39, 0.29) is 5.75 Å². The van der Waals surface area contributed by atoms with Crippen LogP contribution in [0.25, 0.3) is 0 Å². The lowest BCUT2D eigenvalue weighted by atomic mass is 10.2. The summed E-state index contributed by atoms with van der Waals surface area (Å²) in [4.78, 5) is 2.30. The topological polar surface area (TPSA) is 38.7 Å². The van der Waals surface area contributed by atoms with E-state index in [4.69, 9.17) is 11.6 Å². The summed E-state index contributed by atoms with van der Waals surface area (Å²) >= 11 is 5.86. The van der Waals surface area contributed by atoms with Crippen LogP contribution in [0.15, 0.2) is 18.2 Å². The quantitative estimate of drug-likeness (QED) is 0.854. The van der Waals surface area contributed by atoms with Crippen LogP contribution in [0.5, 0.6) is 5.75 Å². The van der Waals surface area contributed by atoms with Crippen LogP contribution in [0.4, 0.5) is 0 Å². The van der Waals surface area contributed by atoms with E-state index >= 15 is 0 Å². The molecule has 0 spiro atoms. The van der Waals surface area contributed by atoms with Crippen LogP contribution < -0.4 is 5.43 Å². The van der Waals surface area contributed by atoms with Crippen LogP contribution in [-0.4, -0.2) is 48.2 Å². The fraction of sp³-hybridized carbons (Fsp3) is 0.500. The smallest absolute Gasteiger partial charge is 0.138 e. The number of phenols is 1. The third kappa shape index (κ3) is 3.33. The fourth-order valence-corrected chi connectivity index (χ4v) is 2.06. The molecule has 0 saturated carbocycles. The zero-order chi connectivity index (χ0) is 12.3. The lowest BCUT2D eigenvalue weighted by Crippen LogP contribution is -2.50. The second-order valence-corrected chi connectivity index (χ2v) is 4.78. The number of rotatable bonds is 3. The van der Waals surface area contributed by atoms with Crippen molar-refractivity contribution >= 4 is 11.6 Å². The number of halogens is 1. The maximum absolute atomic E-state index is 9.77. The number of hydrogen-bond acceptors (Lipinski definition) is 4. The fourth-order valence-electron chi connectivity index (χ4n) is 1.86. The summed E-state index contributed by atoms with van der Waals surface area (Å²) in [6.45, 7) is 4.73. The summed E-state index contributed by atoms with van der Waals surface area (Å²) in [6.07, 6.45) is 0. The summed E-state index contributed by atoms with van der Waals surface area (Å²) < 4.78 is 0.